The van der Waals surface area contributed by atoms with E-state index in [9.17, 15) is 13.6 Å². The summed E-state index contributed by atoms with van der Waals surface area (Å²) in [6.45, 7) is 3.45. The Bertz CT molecular complexity index is 3060. The minimum Gasteiger partial charge on any atom is -0.450 e. The van der Waals surface area contributed by atoms with Gasteiger partial charge in [-0.3, -0.25) is 9.13 Å². The van der Waals surface area contributed by atoms with Gasteiger partial charge >= 0.3 is 6.09 Å². The maximum Gasteiger partial charge on any atom is 0.409 e. The summed E-state index contributed by atoms with van der Waals surface area (Å²) in [6, 6.07) is 24.6. The fourth-order valence-electron chi connectivity index (χ4n) is 9.25. The minimum atomic E-state index is -0.310. The maximum absolute atomic E-state index is 13.8. The Morgan fingerprint density at radius 2 is 1.07 bits per heavy atom. The Hall–Kier alpha value is -7.34. The number of carbonyl (C=O) groups excluding carboxylic acids is 1. The number of halogens is 3. The fraction of sp³-hybridized carbons (Fsp3) is 0.340. The van der Waals surface area contributed by atoms with Crippen molar-refractivity contribution >= 4 is 57.7 Å². The molecule has 0 unspecified atom stereocenters. The molecule has 2 saturated carbocycles. The molecule has 3 N–H and O–H groups in total. The molecular weight excluding hydrogens is 902 g/mol. The molecule has 1 saturated heterocycles. The van der Waals surface area contributed by atoms with Crippen molar-refractivity contribution in [3.8, 4) is 34.4 Å². The Morgan fingerprint density at radius 1 is 0.594 bits per heavy atom. The van der Waals surface area contributed by atoms with Gasteiger partial charge in [-0.1, -0.05) is 37.3 Å². The van der Waals surface area contributed by atoms with Crippen LogP contribution in [0.5, 0.6) is 0 Å². The molecule has 69 heavy (non-hydrogen) atoms. The summed E-state index contributed by atoms with van der Waals surface area (Å²) in [6.07, 6.45) is 14.2. The Labute approximate surface area is 402 Å². The number of nitrogens with zero attached hydrogens (tertiary/aromatic N) is 11. The van der Waals surface area contributed by atoms with E-state index < -0.39 is 0 Å². The number of rotatable bonds is 11. The van der Waals surface area contributed by atoms with Crippen molar-refractivity contribution in [1.29, 1.82) is 0 Å². The van der Waals surface area contributed by atoms with E-state index >= 15 is 0 Å². The van der Waals surface area contributed by atoms with Crippen LogP contribution in [0.25, 0.3) is 56.7 Å². The number of likely N-dealkylation sites (tertiary alicyclic amines) is 1. The predicted molar refractivity (Wildman–Crippen MR) is 262 cm³/mol. The summed E-state index contributed by atoms with van der Waals surface area (Å²) in [7, 11) is 0. The highest BCUT2D eigenvalue weighted by atomic mass is 35.5. The number of fused-ring (bicyclic) bond motifs is 2. The highest BCUT2D eigenvalue weighted by molar-refractivity contribution is 6.29. The van der Waals surface area contributed by atoms with E-state index in [2.05, 4.69) is 35.9 Å². The number of amides is 1. The third kappa shape index (κ3) is 10.4. The summed E-state index contributed by atoms with van der Waals surface area (Å²) in [5, 5.41) is 10.8. The second-order valence-corrected chi connectivity index (χ2v) is 17.8. The summed E-state index contributed by atoms with van der Waals surface area (Å²) < 4.78 is 36.2. The third-order valence-corrected chi connectivity index (χ3v) is 12.9. The average molecular weight is 954 g/mol. The maximum atomic E-state index is 13.8. The molecule has 0 spiro atoms. The van der Waals surface area contributed by atoms with Crippen molar-refractivity contribution in [2.75, 3.05) is 35.6 Å². The summed E-state index contributed by atoms with van der Waals surface area (Å²) in [4.78, 5) is 50.8. The molecule has 0 radical (unpaired) electrons. The van der Waals surface area contributed by atoms with E-state index in [-0.39, 0.29) is 23.8 Å². The average Bonchev–Trinajstić information content (AvgIpc) is 4.21. The molecule has 19 heteroatoms. The number of pyridine rings is 2. The van der Waals surface area contributed by atoms with Gasteiger partial charge in [0.1, 0.15) is 45.9 Å². The lowest BCUT2D eigenvalue weighted by Crippen LogP contribution is -2.42. The molecule has 1 aliphatic heterocycles. The minimum absolute atomic E-state index is 0.181. The molecule has 7 heterocycles. The first-order valence-corrected chi connectivity index (χ1v) is 24.0. The van der Waals surface area contributed by atoms with Gasteiger partial charge in [0.05, 0.1) is 17.6 Å². The largest absolute Gasteiger partial charge is 0.450 e. The van der Waals surface area contributed by atoms with Gasteiger partial charge in [-0.05, 0) is 130 Å². The van der Waals surface area contributed by atoms with Crippen LogP contribution in [0, 0.1) is 11.6 Å². The van der Waals surface area contributed by atoms with Crippen LogP contribution >= 0.6 is 11.6 Å². The molecule has 11 rings (SSSR count). The lowest BCUT2D eigenvalue weighted by atomic mass is 10.1. The monoisotopic (exact) mass is 952 g/mol. The van der Waals surface area contributed by atoms with E-state index in [1.54, 1.807) is 47.6 Å². The molecule has 2 aromatic carbocycles. The van der Waals surface area contributed by atoms with Crippen LogP contribution < -0.4 is 16.0 Å². The number of carbonyl (C=O) groups is 1. The first-order valence-electron chi connectivity index (χ1n) is 23.6. The highest BCUT2D eigenvalue weighted by Crippen LogP contribution is 2.32. The quantitative estimate of drug-likeness (QED) is 0.104. The second-order valence-electron chi connectivity index (χ2n) is 17.4. The fourth-order valence-corrected chi connectivity index (χ4v) is 9.40. The van der Waals surface area contributed by atoms with Crippen LogP contribution in [-0.4, -0.2) is 97.8 Å². The number of ether oxygens (including phenoxy) is 1. The topological polar surface area (TPSA) is 179 Å². The molecule has 6 aromatic heterocycles. The molecule has 0 bridgehead atoms. The molecule has 1 amide bonds. The molecule has 354 valence electrons. The van der Waals surface area contributed by atoms with E-state index in [1.807, 2.05) is 46.4 Å². The van der Waals surface area contributed by atoms with Crippen LogP contribution in [0.4, 0.5) is 31.3 Å². The lowest BCUT2D eigenvalue weighted by molar-refractivity contribution is 0.0983. The van der Waals surface area contributed by atoms with Crippen LogP contribution in [0.2, 0.25) is 5.15 Å². The Balaban J connectivity index is 0.000000169. The van der Waals surface area contributed by atoms with Gasteiger partial charge in [-0.25, -0.2) is 43.5 Å². The van der Waals surface area contributed by atoms with Gasteiger partial charge in [0.25, 0.3) is 0 Å². The van der Waals surface area contributed by atoms with Crippen molar-refractivity contribution in [3.05, 3.63) is 114 Å². The zero-order valence-electron chi connectivity index (χ0n) is 38.0. The Morgan fingerprint density at radius 3 is 1.58 bits per heavy atom. The van der Waals surface area contributed by atoms with E-state index in [4.69, 9.17) is 36.3 Å². The van der Waals surface area contributed by atoms with Crippen molar-refractivity contribution < 1.29 is 18.3 Å². The molecule has 8 aromatic rings. The van der Waals surface area contributed by atoms with Crippen molar-refractivity contribution in [3.63, 3.8) is 0 Å². The number of imidazole rings is 2. The number of anilines is 3. The van der Waals surface area contributed by atoms with Crippen molar-refractivity contribution in [2.24, 2.45) is 0 Å². The van der Waals surface area contributed by atoms with Gasteiger partial charge in [-0.15, -0.1) is 0 Å². The number of aromatic nitrogens is 10. The molecule has 2 aliphatic carbocycles. The molecule has 16 nitrogen and oxygen atoms in total. The summed E-state index contributed by atoms with van der Waals surface area (Å²) in [5.74, 6) is 3.81. The van der Waals surface area contributed by atoms with Gasteiger partial charge in [0, 0.05) is 54.7 Å². The normalized spacial score (nSPS) is 15.6. The van der Waals surface area contributed by atoms with E-state index in [0.717, 1.165) is 60.7 Å². The highest BCUT2D eigenvalue weighted by Gasteiger charge is 2.25. The van der Waals surface area contributed by atoms with E-state index in [0.29, 0.717) is 89.2 Å². The smallest absolute Gasteiger partial charge is 0.409 e. The van der Waals surface area contributed by atoms with Crippen molar-refractivity contribution in [2.45, 2.75) is 89.3 Å². The second kappa shape index (κ2) is 20.5. The number of benzene rings is 2. The summed E-state index contributed by atoms with van der Waals surface area (Å²) in [5.41, 5.74) is 4.11. The van der Waals surface area contributed by atoms with Gasteiger partial charge in [0.2, 0.25) is 11.9 Å². The standard InChI is InChI=1S/C29H33FN8O2.C21H18ClFN6/c1-2-40-29(39)37-17-14-22(15-18-37)32-24-12-11-23-26(34-24)36-27(19-7-9-20(30)10-8-19)38(23)25-13-16-31-28(35-25)33-21-5-3-4-6-21;22-17-10-9-16-19(26-17)28-20(13-5-7-14(23)8-6-13)29(16)18-11-12-24-21(27-18)25-15-3-1-2-4-15/h7-13,16,21-22H,2-6,14-15,17-18H2,1H3,(H,32,34)(H,31,33,35);5-12,15H,1-4H2,(H,24,25,27). The van der Waals surface area contributed by atoms with Crippen molar-refractivity contribution in [1.82, 2.24) is 53.9 Å². The van der Waals surface area contributed by atoms with Crippen LogP contribution in [-0.2, 0) is 4.74 Å². The first kappa shape index (κ1) is 45.4. The van der Waals surface area contributed by atoms with Gasteiger partial charge in [0.15, 0.2) is 11.3 Å². The number of piperidine rings is 1. The first-order chi connectivity index (χ1) is 33.7. The molecule has 0 atom stereocenters. The molecule has 3 fully saturated rings. The van der Waals surface area contributed by atoms with Crippen LogP contribution in [0.3, 0.4) is 0 Å². The molecular formula is C50H51ClF2N14O2. The SMILES string of the molecule is CCOC(=O)N1CCC(Nc2ccc3c(n2)nc(-c2ccc(F)cc2)n3-c2ccnc(NC3CCCC3)n2)CC1.Fc1ccc(-c2nc3nc(Cl)ccc3n2-c2ccnc(NC3CCCC3)n2)cc1. The Kier molecular flexibility index (Phi) is 13.5. The zero-order valence-corrected chi connectivity index (χ0v) is 38.8. The van der Waals surface area contributed by atoms with Gasteiger partial charge in [-0.2, -0.15) is 9.97 Å². The van der Waals surface area contributed by atoms with Crippen LogP contribution in [0.15, 0.2) is 97.3 Å². The number of nitrogens with one attached hydrogen (secondary N) is 3. The zero-order chi connectivity index (χ0) is 47.3. The van der Waals surface area contributed by atoms with E-state index in [1.165, 1.54) is 49.9 Å². The summed E-state index contributed by atoms with van der Waals surface area (Å²) >= 11 is 6.07. The number of hydrogen-bond donors (Lipinski definition) is 3. The molecule has 3 aliphatic rings. The van der Waals surface area contributed by atoms with Crippen LogP contribution in [0.1, 0.15) is 71.1 Å². The predicted octanol–water partition coefficient (Wildman–Crippen LogP) is 10.4. The number of hydrogen-bond acceptors (Lipinski definition) is 13. The van der Waals surface area contributed by atoms with Gasteiger partial charge < -0.3 is 25.6 Å². The third-order valence-electron chi connectivity index (χ3n) is 12.7. The lowest BCUT2D eigenvalue weighted by Gasteiger charge is -2.31.